The first-order valence-electron chi connectivity index (χ1n) is 10.0. The summed E-state index contributed by atoms with van der Waals surface area (Å²) < 4.78 is 0.845. The maximum atomic E-state index is 12.9. The number of anilines is 1. The van der Waals surface area contributed by atoms with Gasteiger partial charge in [-0.25, -0.2) is 9.98 Å². The number of hydrogen-bond donors (Lipinski definition) is 3. The molecule has 0 saturated heterocycles. The zero-order valence-electron chi connectivity index (χ0n) is 18.7. The maximum Gasteiger partial charge on any atom is 0.290 e. The Hall–Kier alpha value is -3.79. The van der Waals surface area contributed by atoms with Gasteiger partial charge in [0.15, 0.2) is 5.96 Å². The number of aliphatic imine (C=N–C) groups is 1. The van der Waals surface area contributed by atoms with Crippen molar-refractivity contribution in [3.63, 3.8) is 0 Å². The molecule has 0 radical (unpaired) electrons. The van der Waals surface area contributed by atoms with Crippen LogP contribution in [0.5, 0.6) is 0 Å². The minimum atomic E-state index is -0.882. The molecule has 10 heteroatoms. The Morgan fingerprint density at radius 1 is 1.24 bits per heavy atom. The molecule has 4 N–H and O–H groups in total. The number of nitrogens with zero attached hydrogens (tertiary/aromatic N) is 3. The van der Waals surface area contributed by atoms with Crippen molar-refractivity contribution in [3.8, 4) is 0 Å². The number of nitrogens with two attached hydrogens (primary N) is 1. The number of amides is 2. The van der Waals surface area contributed by atoms with Crippen molar-refractivity contribution in [2.24, 2.45) is 16.1 Å². The van der Waals surface area contributed by atoms with Gasteiger partial charge in [0.25, 0.3) is 12.4 Å². The number of nitrogens with one attached hydrogen (secondary N) is 1. The summed E-state index contributed by atoms with van der Waals surface area (Å²) in [6.07, 6.45) is 1.63. The number of hydrogen-bond acceptors (Lipinski definition) is 7. The van der Waals surface area contributed by atoms with Gasteiger partial charge in [0.1, 0.15) is 11.2 Å². The number of rotatable bonds is 3. The zero-order valence-corrected chi connectivity index (χ0v) is 19.5. The second kappa shape index (κ2) is 8.99. The zero-order chi connectivity index (χ0) is 24.4. The van der Waals surface area contributed by atoms with Gasteiger partial charge in [-0.05, 0) is 61.4 Å². The Balaban J connectivity index is 0.000000968. The van der Waals surface area contributed by atoms with Gasteiger partial charge >= 0.3 is 0 Å². The lowest BCUT2D eigenvalue weighted by atomic mass is 9.68. The normalized spacial score (nSPS) is 19.3. The smallest absolute Gasteiger partial charge is 0.290 e. The number of carbonyl (C=O) groups is 3. The van der Waals surface area contributed by atoms with Gasteiger partial charge in [-0.3, -0.25) is 19.3 Å². The second-order valence-electron chi connectivity index (χ2n) is 8.17. The molecule has 4 rings (SSSR count). The highest BCUT2D eigenvalue weighted by Crippen LogP contribution is 2.46. The van der Waals surface area contributed by atoms with E-state index in [0.717, 1.165) is 15.6 Å². The van der Waals surface area contributed by atoms with Crippen molar-refractivity contribution in [1.29, 1.82) is 0 Å². The van der Waals surface area contributed by atoms with E-state index in [9.17, 15) is 9.59 Å². The van der Waals surface area contributed by atoms with Crippen LogP contribution in [-0.4, -0.2) is 46.3 Å². The molecule has 0 aliphatic carbocycles. The minimum absolute atomic E-state index is 0.111. The molecule has 1 atom stereocenters. The molecule has 2 aromatic heterocycles. The van der Waals surface area contributed by atoms with Crippen LogP contribution in [0.3, 0.4) is 0 Å². The third-order valence-electron chi connectivity index (χ3n) is 6.00. The molecule has 0 spiro atoms. The number of pyridine rings is 1. The first-order valence-corrected chi connectivity index (χ1v) is 10.9. The molecule has 0 bridgehead atoms. The summed E-state index contributed by atoms with van der Waals surface area (Å²) in [5.74, 6) is -0.225. The largest absolute Gasteiger partial charge is 0.483 e. The van der Waals surface area contributed by atoms with Crippen molar-refractivity contribution in [1.82, 2.24) is 9.88 Å². The molecule has 1 aliphatic heterocycles. The van der Waals surface area contributed by atoms with E-state index in [1.165, 1.54) is 16.2 Å². The van der Waals surface area contributed by atoms with Crippen LogP contribution < -0.4 is 11.1 Å². The number of aromatic nitrogens is 1. The van der Waals surface area contributed by atoms with Crippen molar-refractivity contribution < 1.29 is 19.5 Å². The predicted molar refractivity (Wildman–Crippen MR) is 128 cm³/mol. The molecule has 172 valence electrons. The van der Waals surface area contributed by atoms with E-state index in [-0.39, 0.29) is 24.2 Å². The van der Waals surface area contributed by atoms with Crippen LogP contribution in [0, 0.1) is 5.41 Å². The highest BCUT2D eigenvalue weighted by molar-refractivity contribution is 7.17. The quantitative estimate of drug-likeness (QED) is 0.506. The lowest BCUT2D eigenvalue weighted by Crippen LogP contribution is -2.58. The molecule has 9 nitrogen and oxygen atoms in total. The average Bonchev–Trinajstić information content (AvgIpc) is 3.26. The Labute approximate surface area is 195 Å². The molecule has 33 heavy (non-hydrogen) atoms. The molecular weight excluding hydrogens is 442 g/mol. The molecular formula is C23H25N5O4S. The number of guanidine groups is 1. The molecule has 0 fully saturated rings. The van der Waals surface area contributed by atoms with E-state index in [1.807, 2.05) is 56.5 Å². The standard InChI is InChI=1S/C22H23N5O2S.CH2O2/c1-21(2)19(29)27(4)20(23)26-22(21,3)14-6-5-7-15(12-14)25-18(28)16-17-13(8-10-24-16)9-11-30-17;2-1-3/h5-12H,1-4H3,(H2,23,26)(H,25,28);1H,(H,2,3)/t22-;/m1./s1. The summed E-state index contributed by atoms with van der Waals surface area (Å²) in [7, 11) is 1.62. The van der Waals surface area contributed by atoms with Gasteiger partial charge in [-0.2, -0.15) is 0 Å². The molecule has 2 amide bonds. The van der Waals surface area contributed by atoms with Crippen molar-refractivity contribution >= 4 is 51.4 Å². The lowest BCUT2D eigenvalue weighted by molar-refractivity contribution is -0.140. The van der Waals surface area contributed by atoms with Crippen LogP contribution in [-0.2, 0) is 15.1 Å². The van der Waals surface area contributed by atoms with E-state index in [0.29, 0.717) is 11.4 Å². The Kier molecular flexibility index (Phi) is 6.50. The van der Waals surface area contributed by atoms with Gasteiger partial charge in [0.2, 0.25) is 5.91 Å². The van der Waals surface area contributed by atoms with Crippen molar-refractivity contribution in [2.45, 2.75) is 26.3 Å². The summed E-state index contributed by atoms with van der Waals surface area (Å²) in [4.78, 5) is 44.4. The Morgan fingerprint density at radius 3 is 2.64 bits per heavy atom. The summed E-state index contributed by atoms with van der Waals surface area (Å²) in [5, 5.41) is 12.7. The Morgan fingerprint density at radius 2 is 1.94 bits per heavy atom. The van der Waals surface area contributed by atoms with Crippen LogP contribution in [0.2, 0.25) is 0 Å². The van der Waals surface area contributed by atoms with Gasteiger partial charge in [0.05, 0.1) is 10.1 Å². The number of carboxylic acid groups (broad SMARTS) is 1. The lowest BCUT2D eigenvalue weighted by Gasteiger charge is -2.46. The third kappa shape index (κ3) is 4.17. The number of carbonyl (C=O) groups excluding carboxylic acids is 2. The molecule has 1 aromatic carbocycles. The molecule has 3 heterocycles. The third-order valence-corrected chi connectivity index (χ3v) is 6.94. The molecule has 1 aliphatic rings. The fourth-order valence-electron chi connectivity index (χ4n) is 3.75. The van der Waals surface area contributed by atoms with Crippen LogP contribution in [0.15, 0.2) is 53.0 Å². The topological polar surface area (TPSA) is 138 Å². The molecule has 0 saturated carbocycles. The van der Waals surface area contributed by atoms with E-state index in [1.54, 1.807) is 19.3 Å². The summed E-state index contributed by atoms with van der Waals surface area (Å²) in [6, 6.07) is 11.2. The highest BCUT2D eigenvalue weighted by atomic mass is 32.1. The maximum absolute atomic E-state index is 12.9. The van der Waals surface area contributed by atoms with Crippen molar-refractivity contribution in [3.05, 3.63) is 59.2 Å². The van der Waals surface area contributed by atoms with Crippen LogP contribution >= 0.6 is 11.3 Å². The fourth-order valence-corrected chi connectivity index (χ4v) is 4.63. The number of thiophene rings is 1. The SMILES string of the molecule is CN1C(=O)C(C)(C)[C@@](C)(c2cccc(NC(=O)c3nccc4ccsc34)c2)N=C1N.O=CO. The van der Waals surface area contributed by atoms with Gasteiger partial charge in [0, 0.05) is 18.9 Å². The average molecular weight is 468 g/mol. The van der Waals surface area contributed by atoms with Crippen molar-refractivity contribution in [2.75, 3.05) is 12.4 Å². The van der Waals surface area contributed by atoms with E-state index in [4.69, 9.17) is 15.6 Å². The first kappa shape index (κ1) is 23.9. The first-order chi connectivity index (χ1) is 15.6. The van der Waals surface area contributed by atoms with Crippen LogP contribution in [0.4, 0.5) is 5.69 Å². The monoisotopic (exact) mass is 467 g/mol. The van der Waals surface area contributed by atoms with E-state index in [2.05, 4.69) is 15.3 Å². The Bertz CT molecular complexity index is 1250. The molecule has 0 unspecified atom stereocenters. The summed E-state index contributed by atoms with van der Waals surface area (Å²) in [5.41, 5.74) is 6.09. The second-order valence-corrected chi connectivity index (χ2v) is 9.09. The number of fused-ring (bicyclic) bond motifs is 1. The van der Waals surface area contributed by atoms with Gasteiger partial charge in [-0.15, -0.1) is 11.3 Å². The van der Waals surface area contributed by atoms with E-state index < -0.39 is 11.0 Å². The predicted octanol–water partition coefficient (Wildman–Crippen LogP) is 3.28. The summed E-state index contributed by atoms with van der Waals surface area (Å²) >= 11 is 1.48. The van der Waals surface area contributed by atoms with Crippen LogP contribution in [0.25, 0.3) is 10.1 Å². The number of benzene rings is 1. The van der Waals surface area contributed by atoms with E-state index >= 15 is 0 Å². The minimum Gasteiger partial charge on any atom is -0.483 e. The fraction of sp³-hybridized carbons (Fsp3) is 0.261. The van der Waals surface area contributed by atoms with Crippen LogP contribution in [0.1, 0.15) is 36.8 Å². The highest BCUT2D eigenvalue weighted by Gasteiger charge is 2.52. The summed E-state index contributed by atoms with van der Waals surface area (Å²) in [6.45, 7) is 5.35. The van der Waals surface area contributed by atoms with Gasteiger partial charge in [-0.1, -0.05) is 12.1 Å². The van der Waals surface area contributed by atoms with Gasteiger partial charge < -0.3 is 16.2 Å². The molecule has 3 aromatic rings.